The van der Waals surface area contributed by atoms with Gasteiger partial charge in [0.05, 0.1) is 24.1 Å². The van der Waals surface area contributed by atoms with E-state index in [1.807, 2.05) is 29.1 Å². The molecule has 0 aromatic carbocycles. The summed E-state index contributed by atoms with van der Waals surface area (Å²) in [5, 5.41) is 16.8. The van der Waals surface area contributed by atoms with Crippen molar-refractivity contribution in [1.29, 1.82) is 0 Å². The number of pyridine rings is 1. The molecule has 9 nitrogen and oxygen atoms in total. The van der Waals surface area contributed by atoms with Crippen LogP contribution in [0.5, 0.6) is 0 Å². The Hall–Kier alpha value is -3.37. The number of anilines is 1. The molecule has 4 rings (SSSR count). The van der Waals surface area contributed by atoms with Gasteiger partial charge in [0.1, 0.15) is 16.4 Å². The van der Waals surface area contributed by atoms with Crippen molar-refractivity contribution in [3.63, 3.8) is 0 Å². The van der Waals surface area contributed by atoms with E-state index in [0.29, 0.717) is 22.8 Å². The molecule has 4 heterocycles. The topological polar surface area (TPSA) is 105 Å². The van der Waals surface area contributed by atoms with Gasteiger partial charge in [0, 0.05) is 36.1 Å². The Balaban J connectivity index is 1.56. The summed E-state index contributed by atoms with van der Waals surface area (Å²) < 4.78 is 1.86. The van der Waals surface area contributed by atoms with Crippen LogP contribution in [-0.2, 0) is 6.54 Å². The number of rotatable bonds is 9. The number of amides is 1. The van der Waals surface area contributed by atoms with Crippen molar-refractivity contribution in [3.05, 3.63) is 54.1 Å². The highest BCUT2D eigenvalue weighted by molar-refractivity contribution is 7.13. The molecule has 0 saturated carbocycles. The third-order valence-electron chi connectivity index (χ3n) is 4.94. The molecular formula is C21H24N8OS. The van der Waals surface area contributed by atoms with Crippen LogP contribution in [0.25, 0.3) is 22.0 Å². The minimum atomic E-state index is -0.286. The minimum Gasteiger partial charge on any atom is -0.317 e. The van der Waals surface area contributed by atoms with E-state index >= 15 is 0 Å². The summed E-state index contributed by atoms with van der Waals surface area (Å²) >= 11 is 1.40. The first kappa shape index (κ1) is 20.9. The van der Waals surface area contributed by atoms with Crippen LogP contribution in [-0.4, -0.2) is 60.4 Å². The van der Waals surface area contributed by atoms with Crippen LogP contribution in [0.3, 0.4) is 0 Å². The predicted molar refractivity (Wildman–Crippen MR) is 121 cm³/mol. The van der Waals surface area contributed by atoms with Crippen LogP contribution in [0.2, 0.25) is 0 Å². The first-order chi connectivity index (χ1) is 15.2. The third-order valence-corrected chi connectivity index (χ3v) is 5.83. The second-order valence-electron chi connectivity index (χ2n) is 6.88. The second-order valence-corrected chi connectivity index (χ2v) is 7.73. The van der Waals surface area contributed by atoms with Crippen molar-refractivity contribution in [2.75, 3.05) is 25.0 Å². The molecule has 31 heavy (non-hydrogen) atoms. The summed E-state index contributed by atoms with van der Waals surface area (Å²) in [5.41, 5.74) is 3.16. The molecule has 0 radical (unpaired) electrons. The van der Waals surface area contributed by atoms with Gasteiger partial charge in [-0.1, -0.05) is 19.9 Å². The summed E-state index contributed by atoms with van der Waals surface area (Å²) in [4.78, 5) is 24.1. The van der Waals surface area contributed by atoms with Crippen molar-refractivity contribution in [1.82, 2.24) is 34.8 Å². The molecule has 0 unspecified atom stereocenters. The van der Waals surface area contributed by atoms with Crippen LogP contribution >= 0.6 is 11.3 Å². The van der Waals surface area contributed by atoms with Gasteiger partial charge in [-0.2, -0.15) is 10.2 Å². The fourth-order valence-electron chi connectivity index (χ4n) is 3.17. The van der Waals surface area contributed by atoms with Crippen LogP contribution in [0.1, 0.15) is 24.3 Å². The average Bonchev–Trinajstić information content (AvgIpc) is 3.55. The van der Waals surface area contributed by atoms with Gasteiger partial charge >= 0.3 is 0 Å². The highest BCUT2D eigenvalue weighted by Crippen LogP contribution is 2.27. The Morgan fingerprint density at radius 2 is 2.16 bits per heavy atom. The summed E-state index contributed by atoms with van der Waals surface area (Å²) in [5.74, 6) is -0.286. The highest BCUT2D eigenvalue weighted by atomic mass is 32.1. The number of aromatic amines is 1. The quantitative estimate of drug-likeness (QED) is 0.417. The van der Waals surface area contributed by atoms with Gasteiger partial charge in [0.15, 0.2) is 0 Å². The Bertz CT molecular complexity index is 1120. The number of H-pyrrole nitrogens is 1. The van der Waals surface area contributed by atoms with E-state index in [2.05, 4.69) is 44.2 Å². The normalized spacial score (nSPS) is 11.2. The summed E-state index contributed by atoms with van der Waals surface area (Å²) in [6, 6.07) is 5.64. The number of nitrogens with one attached hydrogen (secondary N) is 2. The van der Waals surface area contributed by atoms with Gasteiger partial charge in [-0.25, -0.2) is 4.98 Å². The minimum absolute atomic E-state index is 0.286. The maximum absolute atomic E-state index is 12.9. The molecule has 0 atom stereocenters. The summed E-state index contributed by atoms with van der Waals surface area (Å²) in [6.07, 6.45) is 7.00. The number of carbonyl (C=O) groups excluding carboxylic acids is 1. The third kappa shape index (κ3) is 4.86. The monoisotopic (exact) mass is 436 g/mol. The Labute approximate surface area is 184 Å². The van der Waals surface area contributed by atoms with E-state index < -0.39 is 0 Å². The number of hydrogen-bond acceptors (Lipinski definition) is 7. The first-order valence-electron chi connectivity index (χ1n) is 10.1. The van der Waals surface area contributed by atoms with Crippen LogP contribution in [0.4, 0.5) is 5.69 Å². The molecule has 160 valence electrons. The number of thiazole rings is 1. The zero-order valence-electron chi connectivity index (χ0n) is 17.4. The molecule has 0 aliphatic rings. The lowest BCUT2D eigenvalue weighted by atomic mass is 10.2. The Morgan fingerprint density at radius 1 is 1.29 bits per heavy atom. The molecule has 0 spiro atoms. The van der Waals surface area contributed by atoms with Gasteiger partial charge in [-0.15, -0.1) is 11.3 Å². The number of carbonyl (C=O) groups is 1. The predicted octanol–water partition coefficient (Wildman–Crippen LogP) is 3.39. The molecule has 0 saturated heterocycles. The zero-order chi connectivity index (χ0) is 21.6. The van der Waals surface area contributed by atoms with Crippen molar-refractivity contribution in [2.24, 2.45) is 0 Å². The van der Waals surface area contributed by atoms with E-state index in [-0.39, 0.29) is 5.91 Å². The maximum atomic E-state index is 12.9. The second kappa shape index (κ2) is 9.63. The molecule has 0 fully saturated rings. The average molecular weight is 437 g/mol. The van der Waals surface area contributed by atoms with Crippen molar-refractivity contribution < 1.29 is 4.79 Å². The van der Waals surface area contributed by atoms with E-state index in [4.69, 9.17) is 5.10 Å². The van der Waals surface area contributed by atoms with E-state index in [1.165, 1.54) is 11.3 Å². The van der Waals surface area contributed by atoms with Gasteiger partial charge in [0.25, 0.3) is 5.91 Å². The number of likely N-dealkylation sites (N-methyl/N-ethyl adjacent to an activating group) is 1. The zero-order valence-corrected chi connectivity index (χ0v) is 18.3. The van der Waals surface area contributed by atoms with E-state index in [9.17, 15) is 4.79 Å². The lowest BCUT2D eigenvalue weighted by Gasteiger charge is -2.17. The van der Waals surface area contributed by atoms with Gasteiger partial charge in [0.2, 0.25) is 0 Å². The van der Waals surface area contributed by atoms with Gasteiger partial charge < -0.3 is 10.2 Å². The highest BCUT2D eigenvalue weighted by Gasteiger charge is 2.18. The molecule has 0 aliphatic heterocycles. The van der Waals surface area contributed by atoms with Crippen LogP contribution in [0, 0.1) is 0 Å². The lowest BCUT2D eigenvalue weighted by molar-refractivity contribution is 0.102. The largest absolute Gasteiger partial charge is 0.317 e. The summed E-state index contributed by atoms with van der Waals surface area (Å²) in [6.45, 7) is 7.85. The number of aromatic nitrogens is 6. The number of hydrogen-bond donors (Lipinski definition) is 2. The van der Waals surface area contributed by atoms with E-state index in [0.717, 1.165) is 36.8 Å². The van der Waals surface area contributed by atoms with Crippen LogP contribution < -0.4 is 5.32 Å². The molecule has 4 aromatic rings. The molecule has 2 N–H and O–H groups in total. The smallest absolute Gasteiger partial charge is 0.275 e. The SMILES string of the molecule is CCN(CC)CCn1cc(NC(=O)c2csc(-c3cn[nH]c3)n2)c(-c2ccccn2)n1. The molecule has 0 bridgehead atoms. The van der Waals surface area contributed by atoms with E-state index in [1.54, 1.807) is 24.0 Å². The molecule has 10 heteroatoms. The van der Waals surface area contributed by atoms with Gasteiger partial charge in [-0.3, -0.25) is 19.6 Å². The van der Waals surface area contributed by atoms with Crippen molar-refractivity contribution in [2.45, 2.75) is 20.4 Å². The fourth-order valence-corrected chi connectivity index (χ4v) is 3.95. The van der Waals surface area contributed by atoms with Crippen molar-refractivity contribution >= 4 is 22.9 Å². The fraction of sp³-hybridized carbons (Fsp3) is 0.286. The van der Waals surface area contributed by atoms with Crippen molar-refractivity contribution in [3.8, 4) is 22.0 Å². The number of nitrogens with zero attached hydrogens (tertiary/aromatic N) is 6. The molecule has 0 aliphatic carbocycles. The molecule has 4 aromatic heterocycles. The summed E-state index contributed by atoms with van der Waals surface area (Å²) in [7, 11) is 0. The van der Waals surface area contributed by atoms with Crippen LogP contribution in [0.15, 0.2) is 48.4 Å². The lowest BCUT2D eigenvalue weighted by Crippen LogP contribution is -2.27. The first-order valence-corrected chi connectivity index (χ1v) is 11.0. The molecular weight excluding hydrogens is 412 g/mol. The maximum Gasteiger partial charge on any atom is 0.275 e. The Morgan fingerprint density at radius 3 is 2.87 bits per heavy atom. The standard InChI is InChI=1S/C21H24N8OS/c1-3-28(4-2)9-10-29-13-17(19(27-29)16-7-5-6-8-22-16)25-20(30)18-14-31-21(26-18)15-11-23-24-12-15/h5-8,11-14H,3-4,9-10H2,1-2H3,(H,23,24)(H,25,30). The van der Waals surface area contributed by atoms with Gasteiger partial charge in [-0.05, 0) is 25.2 Å². The molecule has 1 amide bonds. The Kier molecular flexibility index (Phi) is 6.48.